The van der Waals surface area contributed by atoms with Gasteiger partial charge in [-0.15, -0.1) is 0 Å². The second-order valence-electron chi connectivity index (χ2n) is 4.16. The van der Waals surface area contributed by atoms with Crippen LogP contribution in [0.2, 0.25) is 0 Å². The first-order chi connectivity index (χ1) is 7.02. The number of aliphatic hydroxyl groups excluding tert-OH is 1. The van der Waals surface area contributed by atoms with E-state index in [4.69, 9.17) is 9.84 Å². The third-order valence-corrected chi connectivity index (χ3v) is 2.29. The van der Waals surface area contributed by atoms with E-state index in [2.05, 4.69) is 5.32 Å². The second kappa shape index (κ2) is 7.55. The van der Waals surface area contributed by atoms with E-state index < -0.39 is 27.2 Å². The number of alkyl carbamates (subject to hydrolysis) is 1. The van der Waals surface area contributed by atoms with Gasteiger partial charge < -0.3 is 19.7 Å². The molecule has 0 bridgehead atoms. The fraction of sp³-hybridized carbons (Fsp3) is 0.875. The van der Waals surface area contributed by atoms with Crippen molar-refractivity contribution in [1.82, 2.24) is 5.32 Å². The summed E-state index contributed by atoms with van der Waals surface area (Å²) in [6.45, 7) is 4.86. The molecule has 0 heterocycles. The molecule has 0 aliphatic rings. The Hall–Kier alpha value is 0.140. The Morgan fingerprint density at radius 1 is 1.47 bits per heavy atom. The summed E-state index contributed by atoms with van der Waals surface area (Å²) < 4.78 is 35.7. The van der Waals surface area contributed by atoms with E-state index >= 15 is 0 Å². The van der Waals surface area contributed by atoms with Crippen LogP contribution in [0.15, 0.2) is 0 Å². The van der Waals surface area contributed by atoms with Crippen molar-refractivity contribution in [3.8, 4) is 0 Å². The van der Waals surface area contributed by atoms with Crippen molar-refractivity contribution in [3.63, 3.8) is 0 Å². The molecular weight excluding hydrogens is 261 g/mol. The van der Waals surface area contributed by atoms with Crippen LogP contribution in [-0.2, 0) is 14.9 Å². The van der Waals surface area contributed by atoms with Gasteiger partial charge in [0.15, 0.2) is 0 Å². The zero-order valence-corrected chi connectivity index (χ0v) is 13.2. The van der Waals surface area contributed by atoms with Gasteiger partial charge in [-0.1, -0.05) is 0 Å². The molecule has 0 fully saturated rings. The molecule has 1 atom stereocenters. The zero-order valence-electron chi connectivity index (χ0n) is 10.4. The molecule has 17 heavy (non-hydrogen) atoms. The number of amides is 1. The number of aliphatic hydroxyl groups is 1. The zero-order chi connectivity index (χ0) is 13.0. The Morgan fingerprint density at radius 3 is 2.29 bits per heavy atom. The first-order valence-corrected chi connectivity index (χ1v) is 6.09. The molecule has 0 saturated carbocycles. The predicted octanol–water partition coefficient (Wildman–Crippen LogP) is -3.23. The van der Waals surface area contributed by atoms with Gasteiger partial charge in [0, 0.05) is 13.0 Å². The Balaban J connectivity index is 0. The van der Waals surface area contributed by atoms with Crippen molar-refractivity contribution >= 4 is 16.2 Å². The number of rotatable bonds is 4. The molecule has 0 aliphatic heterocycles. The number of nitrogens with one attached hydrogen (secondary N) is 1. The minimum absolute atomic E-state index is 0. The second-order valence-corrected chi connectivity index (χ2v) is 5.69. The van der Waals surface area contributed by atoms with Crippen LogP contribution >= 0.6 is 0 Å². The molecule has 0 aromatic carbocycles. The molecule has 2 N–H and O–H groups in total. The van der Waals surface area contributed by atoms with Gasteiger partial charge >= 0.3 is 35.7 Å². The van der Waals surface area contributed by atoms with Gasteiger partial charge in [0.25, 0.3) is 0 Å². The molecule has 7 nitrogen and oxygen atoms in total. The first-order valence-electron chi connectivity index (χ1n) is 4.62. The molecule has 1 amide bonds. The summed E-state index contributed by atoms with van der Waals surface area (Å²) in [6.07, 6.45) is -1.10. The smallest absolute Gasteiger partial charge is 0.746 e. The maximum absolute atomic E-state index is 11.0. The molecule has 0 saturated heterocycles. The van der Waals surface area contributed by atoms with Crippen LogP contribution in [0.4, 0.5) is 4.79 Å². The summed E-state index contributed by atoms with van der Waals surface area (Å²) in [5.41, 5.74) is -2.67. The summed E-state index contributed by atoms with van der Waals surface area (Å²) in [5, 5.41) is 11.1. The number of carbonyl (C=O) groups is 1. The van der Waals surface area contributed by atoms with E-state index in [1.165, 1.54) is 0 Å². The molecule has 1 unspecified atom stereocenters. The number of hydrogen-bond donors (Lipinski definition) is 2. The van der Waals surface area contributed by atoms with Gasteiger partial charge in [-0.2, -0.15) is 0 Å². The molecule has 96 valence electrons. The summed E-state index contributed by atoms with van der Waals surface area (Å²) in [6, 6.07) is 0. The first kappa shape index (κ1) is 19.5. The molecule has 9 heteroatoms. The fourth-order valence-corrected chi connectivity index (χ4v) is 1.16. The van der Waals surface area contributed by atoms with Crippen molar-refractivity contribution in [2.45, 2.75) is 38.2 Å². The van der Waals surface area contributed by atoms with E-state index in [1.54, 1.807) is 20.8 Å². The molecule has 0 aliphatic carbocycles. The monoisotopic (exact) mass is 277 g/mol. The van der Waals surface area contributed by atoms with Crippen LogP contribution in [0.3, 0.4) is 0 Å². The topological polar surface area (TPSA) is 116 Å². The van der Waals surface area contributed by atoms with Gasteiger partial charge in [-0.25, -0.2) is 13.2 Å². The van der Waals surface area contributed by atoms with E-state index in [0.29, 0.717) is 0 Å². The average Bonchev–Trinajstić information content (AvgIpc) is 1.98. The van der Waals surface area contributed by atoms with Gasteiger partial charge in [0.1, 0.15) is 21.2 Å². The molecule has 0 aromatic heterocycles. The average molecular weight is 277 g/mol. The third kappa shape index (κ3) is 11.0. The van der Waals surface area contributed by atoms with Crippen molar-refractivity contribution in [3.05, 3.63) is 0 Å². The molecule has 0 aromatic rings. The van der Waals surface area contributed by atoms with Crippen LogP contribution in [0.5, 0.6) is 0 Å². The Morgan fingerprint density at radius 2 is 1.94 bits per heavy atom. The van der Waals surface area contributed by atoms with Crippen molar-refractivity contribution in [1.29, 1.82) is 0 Å². The van der Waals surface area contributed by atoms with Crippen molar-refractivity contribution in [2.75, 3.05) is 6.54 Å². The SMILES string of the molecule is CC(C)(C)OC(=O)NCCC(O)S(=O)(=O)[O-].[Na+]. The molecular formula is C8H16NNaO6S. The van der Waals surface area contributed by atoms with Crippen molar-refractivity contribution < 1.29 is 57.2 Å². The van der Waals surface area contributed by atoms with Gasteiger partial charge in [0.05, 0.1) is 0 Å². The van der Waals surface area contributed by atoms with Gasteiger partial charge in [-0.05, 0) is 20.8 Å². The van der Waals surface area contributed by atoms with Gasteiger partial charge in [-0.3, -0.25) is 0 Å². The maximum atomic E-state index is 11.0. The number of carbonyl (C=O) groups excluding carboxylic acids is 1. The van der Waals surface area contributed by atoms with E-state index in [1.807, 2.05) is 0 Å². The Bertz CT molecular complexity index is 336. The van der Waals surface area contributed by atoms with Gasteiger partial charge in [0.2, 0.25) is 0 Å². The summed E-state index contributed by atoms with van der Waals surface area (Å²) in [7, 11) is -4.72. The quantitative estimate of drug-likeness (QED) is 0.412. The normalized spacial score (nSPS) is 13.5. The third-order valence-electron chi connectivity index (χ3n) is 1.39. The summed E-state index contributed by atoms with van der Waals surface area (Å²) in [5.74, 6) is 0. The van der Waals surface area contributed by atoms with Crippen LogP contribution in [0, 0.1) is 0 Å². The minimum Gasteiger partial charge on any atom is -0.746 e. The fourth-order valence-electron chi connectivity index (χ4n) is 0.756. The van der Waals surface area contributed by atoms with Crippen LogP contribution in [0.25, 0.3) is 0 Å². The van der Waals surface area contributed by atoms with Crippen molar-refractivity contribution in [2.24, 2.45) is 0 Å². The summed E-state index contributed by atoms with van der Waals surface area (Å²) in [4.78, 5) is 11.0. The molecule has 0 rings (SSSR count). The number of ether oxygens (including phenoxy) is 1. The Labute approximate surface area is 123 Å². The van der Waals surface area contributed by atoms with Crippen LogP contribution in [0.1, 0.15) is 27.2 Å². The Kier molecular flexibility index (Phi) is 8.65. The predicted molar refractivity (Wildman–Crippen MR) is 54.6 cm³/mol. The standard InChI is InChI=1S/C8H17NO6S.Na/c1-8(2,3)15-7(11)9-5-4-6(10)16(12,13)14;/h6,10H,4-5H2,1-3H3,(H,9,11)(H,12,13,14);/q;+1/p-1. The van der Waals surface area contributed by atoms with E-state index in [0.717, 1.165) is 0 Å². The van der Waals surface area contributed by atoms with Crippen LogP contribution in [-0.4, -0.2) is 41.8 Å². The largest absolute Gasteiger partial charge is 1.00 e. The minimum atomic E-state index is -4.72. The van der Waals surface area contributed by atoms with Crippen LogP contribution < -0.4 is 34.9 Å². The molecule has 0 radical (unpaired) electrons. The van der Waals surface area contributed by atoms with E-state index in [9.17, 15) is 17.8 Å². The summed E-state index contributed by atoms with van der Waals surface area (Å²) >= 11 is 0. The maximum Gasteiger partial charge on any atom is 1.00 e. The van der Waals surface area contributed by atoms with E-state index in [-0.39, 0.29) is 42.5 Å². The number of hydrogen-bond acceptors (Lipinski definition) is 6. The molecule has 0 spiro atoms.